The molecule has 0 N–H and O–H groups in total. The number of hydrogen-bond donors (Lipinski definition) is 0. The summed E-state index contributed by atoms with van der Waals surface area (Å²) in [5.74, 6) is -0.248. The molecule has 0 spiro atoms. The number of ether oxygens (including phenoxy) is 1. The minimum absolute atomic E-state index is 0.248. The van der Waals surface area contributed by atoms with E-state index < -0.39 is 0 Å². The maximum Gasteiger partial charge on any atom is 0.330 e. The van der Waals surface area contributed by atoms with Crippen molar-refractivity contribution >= 4 is 28.6 Å². The van der Waals surface area contributed by atoms with Crippen LogP contribution in [0.2, 0.25) is 0 Å². The number of rotatable bonds is 3. The third kappa shape index (κ3) is 2.68. The predicted octanol–water partition coefficient (Wildman–Crippen LogP) is 1.61. The van der Waals surface area contributed by atoms with Gasteiger partial charge in [0.2, 0.25) is 0 Å². The van der Waals surface area contributed by atoms with E-state index in [0.717, 1.165) is 3.57 Å². The molecule has 0 saturated heterocycles. The van der Waals surface area contributed by atoms with E-state index in [9.17, 15) is 4.79 Å². The second-order valence-electron chi connectivity index (χ2n) is 2.57. The average Bonchev–Trinajstić information content (AvgIpc) is 2.51. The Balaban J connectivity index is 2.67. The van der Waals surface area contributed by atoms with Crippen molar-refractivity contribution in [1.29, 1.82) is 0 Å². The monoisotopic (exact) mass is 294 g/mol. The molecule has 1 rings (SSSR count). The Bertz CT molecular complexity index is 298. The smallest absolute Gasteiger partial charge is 0.330 e. The van der Waals surface area contributed by atoms with Gasteiger partial charge in [-0.1, -0.05) is 0 Å². The molecule has 1 heterocycles. The van der Waals surface area contributed by atoms with Crippen LogP contribution in [0.15, 0.2) is 12.4 Å². The summed E-state index contributed by atoms with van der Waals surface area (Å²) in [4.78, 5) is 11.3. The fraction of sp³-hybridized carbons (Fsp3) is 0.500. The van der Waals surface area contributed by atoms with Gasteiger partial charge >= 0.3 is 5.97 Å². The SMILES string of the molecule is CCOC(=O)C(C)n1cc(I)cn1. The number of halogens is 1. The molecule has 0 saturated carbocycles. The largest absolute Gasteiger partial charge is 0.464 e. The van der Waals surface area contributed by atoms with Gasteiger partial charge in [0.05, 0.1) is 16.4 Å². The van der Waals surface area contributed by atoms with Crippen molar-refractivity contribution in [2.24, 2.45) is 0 Å². The zero-order valence-corrected chi connectivity index (χ0v) is 9.69. The summed E-state index contributed by atoms with van der Waals surface area (Å²) in [5, 5.41) is 4.03. The van der Waals surface area contributed by atoms with Crippen LogP contribution in [0.1, 0.15) is 19.9 Å². The van der Waals surface area contributed by atoms with Crippen molar-refractivity contribution < 1.29 is 9.53 Å². The van der Waals surface area contributed by atoms with Crippen LogP contribution in [0.4, 0.5) is 0 Å². The lowest BCUT2D eigenvalue weighted by Crippen LogP contribution is -2.19. The molecule has 4 nitrogen and oxygen atoms in total. The highest BCUT2D eigenvalue weighted by atomic mass is 127. The van der Waals surface area contributed by atoms with Crippen molar-refractivity contribution in [1.82, 2.24) is 9.78 Å². The van der Waals surface area contributed by atoms with Gasteiger partial charge < -0.3 is 4.74 Å². The first kappa shape index (κ1) is 10.5. The normalized spacial score (nSPS) is 12.5. The minimum Gasteiger partial charge on any atom is -0.464 e. The van der Waals surface area contributed by atoms with Gasteiger partial charge in [-0.3, -0.25) is 4.68 Å². The molecule has 0 aromatic carbocycles. The molecule has 1 aromatic rings. The molecule has 0 amide bonds. The lowest BCUT2D eigenvalue weighted by Gasteiger charge is -2.09. The number of hydrogen-bond acceptors (Lipinski definition) is 3. The lowest BCUT2D eigenvalue weighted by molar-refractivity contribution is -0.146. The summed E-state index contributed by atoms with van der Waals surface area (Å²) in [5.41, 5.74) is 0. The average molecular weight is 294 g/mol. The van der Waals surface area contributed by atoms with Crippen LogP contribution in [0.25, 0.3) is 0 Å². The van der Waals surface area contributed by atoms with Crippen molar-refractivity contribution in [2.75, 3.05) is 6.61 Å². The van der Waals surface area contributed by atoms with E-state index in [-0.39, 0.29) is 12.0 Å². The maximum absolute atomic E-state index is 11.3. The van der Waals surface area contributed by atoms with Gasteiger partial charge in [-0.05, 0) is 36.4 Å². The van der Waals surface area contributed by atoms with Crippen LogP contribution in [0, 0.1) is 3.57 Å². The van der Waals surface area contributed by atoms with E-state index in [1.54, 1.807) is 24.7 Å². The van der Waals surface area contributed by atoms with Crippen LogP contribution in [0.5, 0.6) is 0 Å². The van der Waals surface area contributed by atoms with Crippen LogP contribution in [-0.4, -0.2) is 22.4 Å². The Morgan fingerprint density at radius 1 is 1.85 bits per heavy atom. The topological polar surface area (TPSA) is 44.1 Å². The van der Waals surface area contributed by atoms with E-state index in [0.29, 0.717) is 6.61 Å². The molecule has 1 unspecified atom stereocenters. The molecule has 1 aromatic heterocycles. The molecule has 0 fully saturated rings. The highest BCUT2D eigenvalue weighted by Gasteiger charge is 2.16. The van der Waals surface area contributed by atoms with E-state index >= 15 is 0 Å². The zero-order valence-electron chi connectivity index (χ0n) is 7.53. The summed E-state index contributed by atoms with van der Waals surface area (Å²) in [6, 6.07) is -0.344. The van der Waals surface area contributed by atoms with Crippen LogP contribution < -0.4 is 0 Å². The molecular weight excluding hydrogens is 283 g/mol. The minimum atomic E-state index is -0.344. The number of carbonyl (C=O) groups is 1. The Morgan fingerprint density at radius 2 is 2.54 bits per heavy atom. The van der Waals surface area contributed by atoms with Crippen LogP contribution in [-0.2, 0) is 9.53 Å². The van der Waals surface area contributed by atoms with Crippen molar-refractivity contribution in [3.05, 3.63) is 16.0 Å². The van der Waals surface area contributed by atoms with E-state index in [1.807, 2.05) is 6.20 Å². The van der Waals surface area contributed by atoms with Gasteiger partial charge in [0.1, 0.15) is 6.04 Å². The fourth-order valence-electron chi connectivity index (χ4n) is 0.898. The van der Waals surface area contributed by atoms with Gasteiger partial charge in [-0.15, -0.1) is 0 Å². The summed E-state index contributed by atoms with van der Waals surface area (Å²) in [6.07, 6.45) is 3.51. The summed E-state index contributed by atoms with van der Waals surface area (Å²) < 4.78 is 7.47. The summed E-state index contributed by atoms with van der Waals surface area (Å²) in [6.45, 7) is 3.96. The molecule has 0 bridgehead atoms. The second kappa shape index (κ2) is 4.59. The Hall–Kier alpha value is -0.590. The first-order chi connectivity index (χ1) is 6.15. The van der Waals surface area contributed by atoms with Crippen molar-refractivity contribution in [3.63, 3.8) is 0 Å². The first-order valence-corrected chi connectivity index (χ1v) is 5.09. The molecule has 1 atom stereocenters. The van der Waals surface area contributed by atoms with Gasteiger partial charge in [0.15, 0.2) is 0 Å². The van der Waals surface area contributed by atoms with Crippen molar-refractivity contribution in [3.8, 4) is 0 Å². The van der Waals surface area contributed by atoms with Crippen LogP contribution in [0.3, 0.4) is 0 Å². The molecule has 0 aliphatic rings. The number of nitrogens with zero attached hydrogens (tertiary/aromatic N) is 2. The van der Waals surface area contributed by atoms with Gasteiger partial charge in [0, 0.05) is 6.20 Å². The zero-order chi connectivity index (χ0) is 9.84. The maximum atomic E-state index is 11.3. The Labute approximate surface area is 90.4 Å². The van der Waals surface area contributed by atoms with Gasteiger partial charge in [0.25, 0.3) is 0 Å². The molecule has 13 heavy (non-hydrogen) atoms. The first-order valence-electron chi connectivity index (χ1n) is 4.01. The molecule has 72 valence electrons. The number of aromatic nitrogens is 2. The van der Waals surface area contributed by atoms with Crippen molar-refractivity contribution in [2.45, 2.75) is 19.9 Å². The quantitative estimate of drug-likeness (QED) is 0.628. The fourth-order valence-corrected chi connectivity index (χ4v) is 1.31. The molecule has 0 radical (unpaired) electrons. The highest BCUT2D eigenvalue weighted by Crippen LogP contribution is 2.09. The number of carbonyl (C=O) groups excluding carboxylic acids is 1. The molecule has 5 heteroatoms. The highest BCUT2D eigenvalue weighted by molar-refractivity contribution is 14.1. The second-order valence-corrected chi connectivity index (χ2v) is 3.81. The lowest BCUT2D eigenvalue weighted by atomic mass is 10.3. The Kier molecular flexibility index (Phi) is 3.71. The molecule has 0 aliphatic heterocycles. The van der Waals surface area contributed by atoms with Crippen LogP contribution >= 0.6 is 22.6 Å². The number of esters is 1. The molecular formula is C8H11IN2O2. The third-order valence-electron chi connectivity index (χ3n) is 1.59. The van der Waals surface area contributed by atoms with Gasteiger partial charge in [-0.2, -0.15) is 5.10 Å². The molecule has 0 aliphatic carbocycles. The van der Waals surface area contributed by atoms with E-state index in [2.05, 4.69) is 27.7 Å². The van der Waals surface area contributed by atoms with E-state index in [4.69, 9.17) is 4.74 Å². The summed E-state index contributed by atoms with van der Waals surface area (Å²) >= 11 is 2.14. The predicted molar refractivity (Wildman–Crippen MR) is 56.3 cm³/mol. The standard InChI is InChI=1S/C8H11IN2O2/c1-3-13-8(12)6(2)11-5-7(9)4-10-11/h4-6H,3H2,1-2H3. The summed E-state index contributed by atoms with van der Waals surface area (Å²) in [7, 11) is 0. The van der Waals surface area contributed by atoms with Gasteiger partial charge in [-0.25, -0.2) is 4.79 Å². The Morgan fingerprint density at radius 3 is 3.00 bits per heavy atom. The third-order valence-corrected chi connectivity index (χ3v) is 2.15. The van der Waals surface area contributed by atoms with E-state index in [1.165, 1.54) is 0 Å².